The van der Waals surface area contributed by atoms with Crippen molar-refractivity contribution >= 4 is 34.5 Å². The summed E-state index contributed by atoms with van der Waals surface area (Å²) in [5, 5.41) is 9.44. The Labute approximate surface area is 225 Å². The summed E-state index contributed by atoms with van der Waals surface area (Å²) in [6, 6.07) is 15.4. The topological polar surface area (TPSA) is 94.4 Å². The maximum atomic E-state index is 13.5. The van der Waals surface area contributed by atoms with E-state index in [4.69, 9.17) is 19.4 Å². The van der Waals surface area contributed by atoms with Crippen molar-refractivity contribution in [1.29, 1.82) is 0 Å². The smallest absolute Gasteiger partial charge is 0.232 e. The first-order chi connectivity index (χ1) is 18.7. The number of carbonyl (C=O) groups is 1. The maximum absolute atomic E-state index is 13.5. The minimum absolute atomic E-state index is 0.0625. The summed E-state index contributed by atoms with van der Waals surface area (Å²) in [6.07, 6.45) is 2.88. The second-order valence-corrected chi connectivity index (χ2v) is 10.3. The van der Waals surface area contributed by atoms with Gasteiger partial charge in [0.15, 0.2) is 10.8 Å². The molecule has 0 saturated carbocycles. The summed E-state index contributed by atoms with van der Waals surface area (Å²) in [6.45, 7) is 6.02. The van der Waals surface area contributed by atoms with Crippen molar-refractivity contribution in [2.75, 3.05) is 43.5 Å². The number of fused-ring (bicyclic) bond motifs is 3. The number of rotatable bonds is 8. The van der Waals surface area contributed by atoms with Gasteiger partial charge in [0.2, 0.25) is 5.91 Å². The number of hydrogen-bond donors (Lipinski definition) is 1. The molecule has 0 unspecified atom stereocenters. The van der Waals surface area contributed by atoms with E-state index in [1.807, 2.05) is 59.4 Å². The van der Waals surface area contributed by atoms with E-state index < -0.39 is 5.92 Å². The number of amides is 1. The van der Waals surface area contributed by atoms with Crippen molar-refractivity contribution in [2.24, 2.45) is 0 Å². The van der Waals surface area contributed by atoms with Crippen LogP contribution >= 0.6 is 11.8 Å². The predicted octanol–water partition coefficient (Wildman–Crippen LogP) is 4.22. The molecule has 0 spiro atoms. The van der Waals surface area contributed by atoms with E-state index in [-0.39, 0.29) is 5.91 Å². The predicted molar refractivity (Wildman–Crippen MR) is 147 cm³/mol. The molecule has 0 radical (unpaired) electrons. The standard InChI is InChI=1S/C28H30N6O3S/c1-2-17-38-28-31-25(33-13-15-36-16-14-33)21-18-30-34(26(21)32-28)12-11-29-27(35)24-19-7-3-5-9-22(19)37-23-10-6-4-8-20(23)24/h3-10,18,24H,2,11-17H2,1H3,(H,29,35). The quantitative estimate of drug-likeness (QED) is 0.267. The molecule has 2 aromatic carbocycles. The first-order valence-electron chi connectivity index (χ1n) is 13.1. The summed E-state index contributed by atoms with van der Waals surface area (Å²) < 4.78 is 13.5. The Hall–Kier alpha value is -3.63. The van der Waals surface area contributed by atoms with Gasteiger partial charge in [-0.25, -0.2) is 14.6 Å². The second kappa shape index (κ2) is 11.0. The van der Waals surface area contributed by atoms with E-state index in [0.29, 0.717) is 37.8 Å². The van der Waals surface area contributed by atoms with Gasteiger partial charge in [0.1, 0.15) is 17.3 Å². The molecule has 2 aromatic heterocycles. The van der Waals surface area contributed by atoms with Crippen LogP contribution in [0.2, 0.25) is 0 Å². The van der Waals surface area contributed by atoms with Gasteiger partial charge in [0, 0.05) is 36.5 Å². The fourth-order valence-electron chi connectivity index (χ4n) is 4.94. The van der Waals surface area contributed by atoms with Crippen LogP contribution in [0.3, 0.4) is 0 Å². The summed E-state index contributed by atoms with van der Waals surface area (Å²) in [7, 11) is 0. The van der Waals surface area contributed by atoms with Crippen LogP contribution in [0.5, 0.6) is 11.5 Å². The number of hydrogen-bond acceptors (Lipinski definition) is 8. The van der Waals surface area contributed by atoms with E-state index in [9.17, 15) is 4.79 Å². The molecular formula is C28H30N6O3S. The fraction of sp³-hybridized carbons (Fsp3) is 0.357. The number of nitrogens with zero attached hydrogens (tertiary/aromatic N) is 5. The Balaban J connectivity index is 1.22. The van der Waals surface area contributed by atoms with Gasteiger partial charge in [0.25, 0.3) is 0 Å². The van der Waals surface area contributed by atoms with Crippen molar-refractivity contribution in [3.8, 4) is 11.5 Å². The Bertz CT molecular complexity index is 1410. The molecule has 2 aliphatic rings. The van der Waals surface area contributed by atoms with Gasteiger partial charge in [-0.1, -0.05) is 55.1 Å². The Kier molecular flexibility index (Phi) is 7.15. The molecule has 4 aromatic rings. The molecule has 0 atom stereocenters. The van der Waals surface area contributed by atoms with Gasteiger partial charge in [-0.05, 0) is 18.6 Å². The average molecular weight is 531 g/mol. The van der Waals surface area contributed by atoms with Crippen molar-refractivity contribution in [2.45, 2.75) is 31.0 Å². The molecular weight excluding hydrogens is 500 g/mol. The molecule has 6 rings (SSSR count). The van der Waals surface area contributed by atoms with Gasteiger partial charge in [-0.3, -0.25) is 4.79 Å². The molecule has 1 fully saturated rings. The number of aromatic nitrogens is 4. The second-order valence-electron chi connectivity index (χ2n) is 9.28. The van der Waals surface area contributed by atoms with Crippen molar-refractivity contribution < 1.29 is 14.3 Å². The Morgan fingerprint density at radius 1 is 1.05 bits per heavy atom. The maximum Gasteiger partial charge on any atom is 0.232 e. The van der Waals surface area contributed by atoms with E-state index in [0.717, 1.165) is 58.4 Å². The van der Waals surface area contributed by atoms with Crippen LogP contribution < -0.4 is 15.0 Å². The van der Waals surface area contributed by atoms with Crippen LogP contribution in [0, 0.1) is 0 Å². The largest absolute Gasteiger partial charge is 0.457 e. The molecule has 1 amide bonds. The number of thioether (sulfide) groups is 1. The van der Waals surface area contributed by atoms with Crippen LogP contribution in [0.1, 0.15) is 30.4 Å². The van der Waals surface area contributed by atoms with Crippen LogP contribution in [0.15, 0.2) is 59.9 Å². The first kappa shape index (κ1) is 24.7. The zero-order chi connectivity index (χ0) is 25.9. The van der Waals surface area contributed by atoms with E-state index >= 15 is 0 Å². The molecule has 1 saturated heterocycles. The first-order valence-corrected chi connectivity index (χ1v) is 14.0. The lowest BCUT2D eigenvalue weighted by atomic mass is 9.87. The molecule has 9 nitrogen and oxygen atoms in total. The molecule has 0 aliphatic carbocycles. The fourth-order valence-corrected chi connectivity index (χ4v) is 5.63. The van der Waals surface area contributed by atoms with Gasteiger partial charge < -0.3 is 19.7 Å². The van der Waals surface area contributed by atoms with Crippen LogP contribution in [-0.4, -0.2) is 64.3 Å². The van der Waals surface area contributed by atoms with Gasteiger partial charge in [-0.2, -0.15) is 5.10 Å². The minimum atomic E-state index is -0.433. The zero-order valence-electron chi connectivity index (χ0n) is 21.3. The lowest BCUT2D eigenvalue weighted by Gasteiger charge is -2.28. The van der Waals surface area contributed by atoms with E-state index in [1.54, 1.807) is 11.8 Å². The highest BCUT2D eigenvalue weighted by Gasteiger charge is 2.32. The molecule has 4 heterocycles. The average Bonchev–Trinajstić information content (AvgIpc) is 3.37. The monoisotopic (exact) mass is 530 g/mol. The lowest BCUT2D eigenvalue weighted by molar-refractivity contribution is -0.121. The van der Waals surface area contributed by atoms with Crippen LogP contribution in [0.4, 0.5) is 5.82 Å². The number of benzene rings is 2. The van der Waals surface area contributed by atoms with Crippen molar-refractivity contribution in [1.82, 2.24) is 25.1 Å². The number of carbonyl (C=O) groups excluding carboxylic acids is 1. The number of para-hydroxylation sites is 2. The highest BCUT2D eigenvalue weighted by Crippen LogP contribution is 2.43. The highest BCUT2D eigenvalue weighted by molar-refractivity contribution is 7.99. The summed E-state index contributed by atoms with van der Waals surface area (Å²) in [4.78, 5) is 25.5. The third kappa shape index (κ3) is 4.81. The molecule has 38 heavy (non-hydrogen) atoms. The van der Waals surface area contributed by atoms with E-state index in [1.165, 1.54) is 0 Å². The summed E-state index contributed by atoms with van der Waals surface area (Å²) in [5.41, 5.74) is 2.53. The van der Waals surface area contributed by atoms with Crippen molar-refractivity contribution in [3.63, 3.8) is 0 Å². The third-order valence-electron chi connectivity index (χ3n) is 6.77. The molecule has 1 N–H and O–H groups in total. The number of morpholine rings is 1. The molecule has 0 bridgehead atoms. The zero-order valence-corrected chi connectivity index (χ0v) is 22.1. The molecule has 10 heteroatoms. The number of anilines is 1. The van der Waals surface area contributed by atoms with Gasteiger partial charge in [0.05, 0.1) is 37.3 Å². The highest BCUT2D eigenvalue weighted by atomic mass is 32.2. The Morgan fingerprint density at radius 2 is 1.76 bits per heavy atom. The van der Waals surface area contributed by atoms with Crippen molar-refractivity contribution in [3.05, 3.63) is 65.9 Å². The van der Waals surface area contributed by atoms with Crippen LogP contribution in [0.25, 0.3) is 11.0 Å². The lowest BCUT2D eigenvalue weighted by Crippen LogP contribution is -2.37. The summed E-state index contributed by atoms with van der Waals surface area (Å²) in [5.74, 6) is 2.79. The molecule has 196 valence electrons. The van der Waals surface area contributed by atoms with Gasteiger partial charge in [-0.15, -0.1) is 0 Å². The number of ether oxygens (including phenoxy) is 2. The minimum Gasteiger partial charge on any atom is -0.457 e. The molecule has 2 aliphatic heterocycles. The Morgan fingerprint density at radius 3 is 2.47 bits per heavy atom. The normalized spacial score (nSPS) is 15.1. The van der Waals surface area contributed by atoms with Crippen LogP contribution in [-0.2, 0) is 16.1 Å². The summed E-state index contributed by atoms with van der Waals surface area (Å²) >= 11 is 1.66. The van der Waals surface area contributed by atoms with E-state index in [2.05, 4.69) is 22.2 Å². The third-order valence-corrected chi connectivity index (χ3v) is 7.82. The van der Waals surface area contributed by atoms with Gasteiger partial charge >= 0.3 is 0 Å². The number of nitrogens with one attached hydrogen (secondary N) is 1. The SMILES string of the molecule is CCCSc1nc(N2CCOCC2)c2cnn(CCNC(=O)C3c4ccccc4Oc4ccccc43)c2n1.